The minimum Gasteiger partial charge on any atom is -0.211 e. The zero-order chi connectivity index (χ0) is 21.6. The van der Waals surface area contributed by atoms with Crippen molar-refractivity contribution in [2.45, 2.75) is 50.0 Å². The van der Waals surface area contributed by atoms with Gasteiger partial charge in [-0.15, -0.1) is 0 Å². The van der Waals surface area contributed by atoms with Gasteiger partial charge in [-0.2, -0.15) is 29.7 Å². The van der Waals surface area contributed by atoms with Gasteiger partial charge in [0.15, 0.2) is 4.58 Å². The van der Waals surface area contributed by atoms with Crippen LogP contribution in [0.25, 0.3) is 0 Å². The molecule has 0 radical (unpaired) electrons. The number of sulfonamides is 2. The highest BCUT2D eigenvalue weighted by molar-refractivity contribution is 8.07. The maximum absolute atomic E-state index is 12.9. The summed E-state index contributed by atoms with van der Waals surface area (Å²) in [6.45, 7) is -0.688. The highest BCUT2D eigenvalue weighted by Gasteiger charge is 2.44. The fourth-order valence-electron chi connectivity index (χ4n) is 2.49. The molecule has 0 unspecified atom stereocenters. The topological polar surface area (TPSA) is 170 Å². The van der Waals surface area contributed by atoms with Crippen LogP contribution in [-0.4, -0.2) is 56.2 Å². The van der Waals surface area contributed by atoms with Crippen molar-refractivity contribution < 1.29 is 16.8 Å². The minimum absolute atomic E-state index is 0.255. The van der Waals surface area contributed by atoms with Crippen LogP contribution in [0.2, 0.25) is 0 Å². The van der Waals surface area contributed by atoms with Crippen molar-refractivity contribution in [2.24, 2.45) is 0 Å². The molecule has 0 N–H and O–H groups in total. The van der Waals surface area contributed by atoms with E-state index in [4.69, 9.17) is 21.0 Å². The van der Waals surface area contributed by atoms with Gasteiger partial charge in [0.2, 0.25) is 20.0 Å². The van der Waals surface area contributed by atoms with Gasteiger partial charge in [0.1, 0.15) is 26.2 Å². The average Bonchev–Trinajstić information content (AvgIpc) is 2.63. The van der Waals surface area contributed by atoms with Crippen molar-refractivity contribution >= 4 is 20.0 Å². The van der Waals surface area contributed by atoms with Crippen molar-refractivity contribution in [2.75, 3.05) is 26.2 Å². The summed E-state index contributed by atoms with van der Waals surface area (Å²) in [5, 5.41) is 35.4. The summed E-state index contributed by atoms with van der Waals surface area (Å²) in [4.78, 5) is 0. The Balaban J connectivity index is 5.99. The molecule has 0 aromatic carbocycles. The van der Waals surface area contributed by atoms with Gasteiger partial charge in [-0.25, -0.2) is 16.8 Å². The molecule has 0 aromatic rings. The molecule has 12 heteroatoms. The van der Waals surface area contributed by atoms with E-state index in [0.29, 0.717) is 21.5 Å². The van der Waals surface area contributed by atoms with E-state index >= 15 is 0 Å². The summed E-state index contributed by atoms with van der Waals surface area (Å²) < 4.78 is 50.8. The molecule has 0 heterocycles. The number of nitriles is 4. The summed E-state index contributed by atoms with van der Waals surface area (Å²) in [7, 11) is -9.16. The monoisotopic (exact) mass is 428 g/mol. The maximum Gasteiger partial charge on any atom is 0.234 e. The first-order chi connectivity index (χ1) is 13.2. The molecule has 0 rings (SSSR count). The van der Waals surface area contributed by atoms with E-state index in [1.54, 1.807) is 24.3 Å². The van der Waals surface area contributed by atoms with Gasteiger partial charge in [-0.05, 0) is 6.42 Å². The first kappa shape index (κ1) is 25.8. The van der Waals surface area contributed by atoms with Crippen molar-refractivity contribution in [3.05, 3.63) is 0 Å². The molecule has 10 nitrogen and oxygen atoms in total. The van der Waals surface area contributed by atoms with Crippen LogP contribution in [0.5, 0.6) is 0 Å². The SMILES string of the molecule is CCCCCCCC(S(=O)(=O)N(CC#N)CC#N)S(=O)(=O)N(CC#N)CC#N. The van der Waals surface area contributed by atoms with Gasteiger partial charge >= 0.3 is 0 Å². The molecule has 154 valence electrons. The number of hydrogen-bond acceptors (Lipinski definition) is 8. The quantitative estimate of drug-likeness (QED) is 0.291. The van der Waals surface area contributed by atoms with Crippen LogP contribution in [0.4, 0.5) is 0 Å². The first-order valence-electron chi connectivity index (χ1n) is 8.69. The number of nitrogens with zero attached hydrogens (tertiary/aromatic N) is 6. The lowest BCUT2D eigenvalue weighted by molar-refractivity contribution is 0.448. The van der Waals surface area contributed by atoms with Gasteiger partial charge in [0, 0.05) is 0 Å². The van der Waals surface area contributed by atoms with Crippen LogP contribution < -0.4 is 0 Å². The molecule has 0 aliphatic heterocycles. The third-order valence-electron chi connectivity index (χ3n) is 3.92. The molecule has 0 aromatic heterocycles. The van der Waals surface area contributed by atoms with Crippen LogP contribution in [0.3, 0.4) is 0 Å². The Hall–Kier alpha value is -2.22. The average molecular weight is 429 g/mol. The van der Waals surface area contributed by atoms with Crippen LogP contribution in [0, 0.1) is 45.3 Å². The second-order valence-corrected chi connectivity index (χ2v) is 10.4. The lowest BCUT2D eigenvalue weighted by Crippen LogP contribution is -2.48. The van der Waals surface area contributed by atoms with E-state index in [-0.39, 0.29) is 6.42 Å². The summed E-state index contributed by atoms with van der Waals surface area (Å²) in [6.07, 6.45) is 3.34. The van der Waals surface area contributed by atoms with Crippen molar-refractivity contribution in [3.8, 4) is 24.3 Å². The minimum atomic E-state index is -4.58. The molecule has 0 atom stereocenters. The predicted octanol–water partition coefficient (Wildman–Crippen LogP) is 1.03. The van der Waals surface area contributed by atoms with Gasteiger partial charge < -0.3 is 0 Å². The summed E-state index contributed by atoms with van der Waals surface area (Å²) in [6, 6.07) is 6.44. The third-order valence-corrected chi connectivity index (χ3v) is 9.13. The van der Waals surface area contributed by atoms with E-state index in [1.807, 2.05) is 6.92 Å². The largest absolute Gasteiger partial charge is 0.234 e. The van der Waals surface area contributed by atoms with Gasteiger partial charge in [0.25, 0.3) is 0 Å². The molecule has 0 saturated carbocycles. The third kappa shape index (κ3) is 7.42. The Morgan fingerprint density at radius 1 is 0.679 bits per heavy atom. The standard InChI is InChI=1S/C16H24N6O4S2/c1-2-3-4-5-6-7-16(27(23,24)21(12-8-17)13-9-18)28(25,26)22(14-10-19)15-11-20/h16H,2-7,12-15H2,1H3. The fraction of sp³-hybridized carbons (Fsp3) is 0.750. The van der Waals surface area contributed by atoms with E-state index in [0.717, 1.165) is 19.3 Å². The first-order valence-corrected chi connectivity index (χ1v) is 11.7. The molecule has 0 saturated heterocycles. The smallest absolute Gasteiger partial charge is 0.211 e. The molecule has 0 aliphatic rings. The zero-order valence-electron chi connectivity index (χ0n) is 15.8. The molecule has 0 spiro atoms. The molecular weight excluding hydrogens is 404 g/mol. The lowest BCUT2D eigenvalue weighted by atomic mass is 10.1. The zero-order valence-corrected chi connectivity index (χ0v) is 17.4. The van der Waals surface area contributed by atoms with Crippen LogP contribution in [0.15, 0.2) is 0 Å². The summed E-state index contributed by atoms with van der Waals surface area (Å²) >= 11 is 0. The lowest BCUT2D eigenvalue weighted by Gasteiger charge is -2.27. The van der Waals surface area contributed by atoms with Gasteiger partial charge in [-0.1, -0.05) is 39.0 Å². The Labute approximate surface area is 167 Å². The van der Waals surface area contributed by atoms with Crippen LogP contribution >= 0.6 is 0 Å². The maximum atomic E-state index is 12.9. The Bertz CT molecular complexity index is 761. The molecule has 0 fully saturated rings. The normalized spacial score (nSPS) is 11.7. The van der Waals surface area contributed by atoms with E-state index in [2.05, 4.69) is 0 Å². The van der Waals surface area contributed by atoms with E-state index < -0.39 is 50.8 Å². The van der Waals surface area contributed by atoms with Crippen molar-refractivity contribution in [3.63, 3.8) is 0 Å². The van der Waals surface area contributed by atoms with E-state index in [1.165, 1.54) is 0 Å². The molecule has 0 amide bonds. The van der Waals surface area contributed by atoms with Gasteiger partial charge in [0.05, 0.1) is 24.3 Å². The number of rotatable bonds is 14. The number of hydrogen-bond donors (Lipinski definition) is 0. The molecule has 0 bridgehead atoms. The second-order valence-electron chi connectivity index (χ2n) is 5.89. The van der Waals surface area contributed by atoms with Crippen LogP contribution in [-0.2, 0) is 20.0 Å². The Morgan fingerprint density at radius 3 is 1.36 bits per heavy atom. The molecule has 0 aliphatic carbocycles. The highest BCUT2D eigenvalue weighted by atomic mass is 32.3. The predicted molar refractivity (Wildman–Crippen MR) is 101 cm³/mol. The van der Waals surface area contributed by atoms with Gasteiger partial charge in [-0.3, -0.25) is 0 Å². The summed E-state index contributed by atoms with van der Waals surface area (Å²) in [5.74, 6) is 0. The second kappa shape index (κ2) is 13.0. The highest BCUT2D eigenvalue weighted by Crippen LogP contribution is 2.24. The fourth-order valence-corrected chi connectivity index (χ4v) is 6.99. The molecular formula is C16H24N6O4S2. The van der Waals surface area contributed by atoms with Crippen molar-refractivity contribution in [1.82, 2.24) is 8.61 Å². The van der Waals surface area contributed by atoms with Crippen LogP contribution in [0.1, 0.15) is 45.4 Å². The summed E-state index contributed by atoms with van der Waals surface area (Å²) in [5.41, 5.74) is 0. The Morgan fingerprint density at radius 2 is 1.04 bits per heavy atom. The van der Waals surface area contributed by atoms with E-state index in [9.17, 15) is 16.8 Å². The Kier molecular flexibility index (Phi) is 12.0. The van der Waals surface area contributed by atoms with Crippen molar-refractivity contribution in [1.29, 1.82) is 21.0 Å². The molecule has 28 heavy (non-hydrogen) atoms. The number of unbranched alkanes of at least 4 members (excludes halogenated alkanes) is 4.